The Labute approximate surface area is 85.4 Å². The van der Waals surface area contributed by atoms with Gasteiger partial charge in [0.1, 0.15) is 0 Å². The predicted molar refractivity (Wildman–Crippen MR) is 54.9 cm³/mol. The van der Waals surface area contributed by atoms with E-state index in [0.29, 0.717) is 6.54 Å². The van der Waals surface area contributed by atoms with Crippen LogP contribution in [0.4, 0.5) is 0 Å². The lowest BCUT2D eigenvalue weighted by Crippen LogP contribution is -2.44. The molecular weight excluding hydrogens is 180 g/mol. The van der Waals surface area contributed by atoms with Gasteiger partial charge in [-0.25, -0.2) is 0 Å². The van der Waals surface area contributed by atoms with Crippen LogP contribution in [0.2, 0.25) is 0 Å². The fraction of sp³-hybridized carbons (Fsp3) is 0.900. The molecule has 14 heavy (non-hydrogen) atoms. The van der Waals surface area contributed by atoms with Crippen LogP contribution in [-0.2, 0) is 9.53 Å². The smallest absolute Gasteiger partial charge is 0.239 e. The number of nitrogens with zero attached hydrogens (tertiary/aromatic N) is 1. The van der Waals surface area contributed by atoms with Gasteiger partial charge in [-0.3, -0.25) is 4.79 Å². The standard InChI is InChI=1S/C10H20N2O2/c1-8(11)10(13)12(2)7-9-5-3-4-6-14-9/h8-9H,3-7,11H2,1-2H3/t8-,9?/m0/s1. The molecule has 1 rings (SSSR count). The van der Waals surface area contributed by atoms with Crippen molar-refractivity contribution < 1.29 is 9.53 Å². The quantitative estimate of drug-likeness (QED) is 0.715. The number of carbonyl (C=O) groups is 1. The molecule has 0 aromatic carbocycles. The number of hydrogen-bond acceptors (Lipinski definition) is 3. The Bertz CT molecular complexity index is 189. The van der Waals surface area contributed by atoms with Gasteiger partial charge in [-0.05, 0) is 26.2 Å². The predicted octanol–water partition coefficient (Wildman–Crippen LogP) is 0.361. The number of hydrogen-bond donors (Lipinski definition) is 1. The number of amides is 1. The first-order chi connectivity index (χ1) is 6.61. The number of likely N-dealkylation sites (N-methyl/N-ethyl adjacent to an activating group) is 1. The Morgan fingerprint density at radius 3 is 2.86 bits per heavy atom. The molecule has 2 N–H and O–H groups in total. The molecule has 1 amide bonds. The van der Waals surface area contributed by atoms with Crippen molar-refractivity contribution in [1.82, 2.24) is 4.90 Å². The molecule has 1 aliphatic heterocycles. The molecule has 0 spiro atoms. The molecule has 4 nitrogen and oxygen atoms in total. The maximum atomic E-state index is 11.5. The van der Waals surface area contributed by atoms with Crippen LogP contribution in [0.25, 0.3) is 0 Å². The monoisotopic (exact) mass is 200 g/mol. The zero-order valence-electron chi connectivity index (χ0n) is 9.03. The van der Waals surface area contributed by atoms with E-state index < -0.39 is 6.04 Å². The normalized spacial score (nSPS) is 24.4. The van der Waals surface area contributed by atoms with Crippen LogP contribution in [-0.4, -0.2) is 43.2 Å². The van der Waals surface area contributed by atoms with Crippen molar-refractivity contribution in [3.05, 3.63) is 0 Å². The van der Waals surface area contributed by atoms with E-state index in [-0.39, 0.29) is 12.0 Å². The Hall–Kier alpha value is -0.610. The van der Waals surface area contributed by atoms with Crippen LogP contribution in [0.5, 0.6) is 0 Å². The Morgan fingerprint density at radius 1 is 1.64 bits per heavy atom. The topological polar surface area (TPSA) is 55.6 Å². The van der Waals surface area contributed by atoms with E-state index in [1.165, 1.54) is 6.42 Å². The summed E-state index contributed by atoms with van der Waals surface area (Å²) in [6.45, 7) is 3.20. The maximum Gasteiger partial charge on any atom is 0.239 e. The van der Waals surface area contributed by atoms with E-state index in [1.54, 1.807) is 18.9 Å². The van der Waals surface area contributed by atoms with E-state index in [0.717, 1.165) is 19.4 Å². The molecule has 0 radical (unpaired) electrons. The highest BCUT2D eigenvalue weighted by atomic mass is 16.5. The first-order valence-electron chi connectivity index (χ1n) is 5.23. The molecular formula is C10H20N2O2. The summed E-state index contributed by atoms with van der Waals surface area (Å²) in [5.74, 6) is -0.0147. The van der Waals surface area contributed by atoms with Gasteiger partial charge < -0.3 is 15.4 Å². The van der Waals surface area contributed by atoms with E-state index in [4.69, 9.17) is 10.5 Å². The molecule has 1 saturated heterocycles. The molecule has 2 atom stereocenters. The summed E-state index contributed by atoms with van der Waals surface area (Å²) >= 11 is 0. The van der Waals surface area contributed by atoms with Crippen molar-refractivity contribution in [3.63, 3.8) is 0 Å². The van der Waals surface area contributed by atoms with Gasteiger partial charge in [0, 0.05) is 20.2 Å². The van der Waals surface area contributed by atoms with Crippen molar-refractivity contribution in [1.29, 1.82) is 0 Å². The first kappa shape index (κ1) is 11.5. The summed E-state index contributed by atoms with van der Waals surface area (Å²) in [6, 6.07) is -0.413. The van der Waals surface area contributed by atoms with Crippen LogP contribution in [0.1, 0.15) is 26.2 Å². The summed E-state index contributed by atoms with van der Waals surface area (Å²) in [6.07, 6.45) is 3.60. The lowest BCUT2D eigenvalue weighted by Gasteiger charge is -2.28. The average molecular weight is 200 g/mol. The zero-order chi connectivity index (χ0) is 10.6. The number of nitrogens with two attached hydrogens (primary N) is 1. The molecule has 1 fully saturated rings. The second-order valence-corrected chi connectivity index (χ2v) is 4.00. The Morgan fingerprint density at radius 2 is 2.36 bits per heavy atom. The van der Waals surface area contributed by atoms with Crippen molar-refractivity contribution >= 4 is 5.91 Å². The molecule has 82 valence electrons. The van der Waals surface area contributed by atoms with Gasteiger partial charge >= 0.3 is 0 Å². The first-order valence-corrected chi connectivity index (χ1v) is 5.23. The van der Waals surface area contributed by atoms with Crippen molar-refractivity contribution in [2.75, 3.05) is 20.2 Å². The maximum absolute atomic E-state index is 11.5. The number of rotatable bonds is 3. The lowest BCUT2D eigenvalue weighted by molar-refractivity contribution is -0.133. The van der Waals surface area contributed by atoms with E-state index in [9.17, 15) is 4.79 Å². The Balaban J connectivity index is 2.31. The molecule has 0 aromatic heterocycles. The lowest BCUT2D eigenvalue weighted by atomic mass is 10.1. The summed E-state index contributed by atoms with van der Waals surface area (Å²) < 4.78 is 5.54. The van der Waals surface area contributed by atoms with E-state index in [1.807, 2.05) is 0 Å². The summed E-state index contributed by atoms with van der Waals surface area (Å²) in [5, 5.41) is 0. The van der Waals surface area contributed by atoms with Crippen molar-refractivity contribution in [2.45, 2.75) is 38.3 Å². The minimum Gasteiger partial charge on any atom is -0.376 e. The van der Waals surface area contributed by atoms with Crippen molar-refractivity contribution in [2.24, 2.45) is 5.73 Å². The molecule has 0 aromatic rings. The molecule has 1 aliphatic rings. The minimum absolute atomic E-state index is 0.0147. The SMILES string of the molecule is C[C@H](N)C(=O)N(C)CC1CCCCO1. The molecule has 4 heteroatoms. The molecule has 0 bridgehead atoms. The fourth-order valence-electron chi connectivity index (χ4n) is 1.69. The van der Waals surface area contributed by atoms with Gasteiger partial charge in [-0.1, -0.05) is 0 Å². The minimum atomic E-state index is -0.413. The van der Waals surface area contributed by atoms with Crippen LogP contribution >= 0.6 is 0 Å². The van der Waals surface area contributed by atoms with Crippen LogP contribution in [0.15, 0.2) is 0 Å². The van der Waals surface area contributed by atoms with Crippen LogP contribution in [0, 0.1) is 0 Å². The van der Waals surface area contributed by atoms with Crippen LogP contribution < -0.4 is 5.73 Å². The highest BCUT2D eigenvalue weighted by Crippen LogP contribution is 2.13. The third-order valence-corrected chi connectivity index (χ3v) is 2.52. The summed E-state index contributed by atoms with van der Waals surface area (Å²) in [5.41, 5.74) is 5.51. The van der Waals surface area contributed by atoms with Gasteiger partial charge in [0.15, 0.2) is 0 Å². The second-order valence-electron chi connectivity index (χ2n) is 4.00. The fourth-order valence-corrected chi connectivity index (χ4v) is 1.69. The van der Waals surface area contributed by atoms with Gasteiger partial charge in [0.25, 0.3) is 0 Å². The largest absolute Gasteiger partial charge is 0.376 e. The molecule has 1 heterocycles. The van der Waals surface area contributed by atoms with Gasteiger partial charge in [-0.2, -0.15) is 0 Å². The second kappa shape index (κ2) is 5.32. The highest BCUT2D eigenvalue weighted by Gasteiger charge is 2.20. The van der Waals surface area contributed by atoms with E-state index in [2.05, 4.69) is 0 Å². The number of carbonyl (C=O) groups excluding carboxylic acids is 1. The molecule has 0 aliphatic carbocycles. The highest BCUT2D eigenvalue weighted by molar-refractivity contribution is 5.80. The van der Waals surface area contributed by atoms with Gasteiger partial charge in [0.05, 0.1) is 12.1 Å². The van der Waals surface area contributed by atoms with Gasteiger partial charge in [-0.15, -0.1) is 0 Å². The summed E-state index contributed by atoms with van der Waals surface area (Å²) in [4.78, 5) is 13.1. The van der Waals surface area contributed by atoms with Crippen LogP contribution in [0.3, 0.4) is 0 Å². The summed E-state index contributed by atoms with van der Waals surface area (Å²) in [7, 11) is 1.78. The Kier molecular flexibility index (Phi) is 4.35. The molecule has 1 unspecified atom stereocenters. The zero-order valence-corrected chi connectivity index (χ0v) is 9.03. The third-order valence-electron chi connectivity index (χ3n) is 2.52. The van der Waals surface area contributed by atoms with Gasteiger partial charge in [0.2, 0.25) is 5.91 Å². The van der Waals surface area contributed by atoms with E-state index >= 15 is 0 Å². The number of ether oxygens (including phenoxy) is 1. The van der Waals surface area contributed by atoms with Crippen molar-refractivity contribution in [3.8, 4) is 0 Å². The third kappa shape index (κ3) is 3.27. The molecule has 0 saturated carbocycles. The average Bonchev–Trinajstić information content (AvgIpc) is 2.18.